The van der Waals surface area contributed by atoms with E-state index in [1.54, 1.807) is 0 Å². The van der Waals surface area contributed by atoms with Gasteiger partial charge in [0.05, 0.1) is 0 Å². The second-order valence-corrected chi connectivity index (χ2v) is 6.98. The Morgan fingerprint density at radius 1 is 1.32 bits per heavy atom. The lowest BCUT2D eigenvalue weighted by Gasteiger charge is -2.34. The standard InChI is InChI=1S/C15H16BrNOS/c1-9-5-12-13(8-17-9)15(4-3-14(12)16)18-10-6-11(7-10)19-2/h3-5,8,10-11H,6-7H2,1-2H3. The zero-order valence-electron chi connectivity index (χ0n) is 11.0. The van der Waals surface area contributed by atoms with Gasteiger partial charge in [0, 0.05) is 32.4 Å². The molecule has 2 aromatic rings. The van der Waals surface area contributed by atoms with E-state index in [9.17, 15) is 0 Å². The minimum Gasteiger partial charge on any atom is -0.490 e. The summed E-state index contributed by atoms with van der Waals surface area (Å²) in [6, 6.07) is 6.19. The number of aromatic nitrogens is 1. The largest absolute Gasteiger partial charge is 0.490 e. The molecule has 3 rings (SSSR count). The van der Waals surface area contributed by atoms with Crippen LogP contribution in [-0.2, 0) is 0 Å². The Morgan fingerprint density at radius 3 is 2.84 bits per heavy atom. The van der Waals surface area contributed by atoms with Crippen LogP contribution in [0.1, 0.15) is 18.5 Å². The van der Waals surface area contributed by atoms with Crippen molar-refractivity contribution in [3.8, 4) is 5.75 Å². The van der Waals surface area contributed by atoms with E-state index in [-0.39, 0.29) is 0 Å². The van der Waals surface area contributed by atoms with E-state index in [0.717, 1.165) is 39.4 Å². The van der Waals surface area contributed by atoms with Crippen LogP contribution >= 0.6 is 27.7 Å². The summed E-state index contributed by atoms with van der Waals surface area (Å²) < 4.78 is 7.21. The van der Waals surface area contributed by atoms with E-state index in [0.29, 0.717) is 6.10 Å². The third kappa shape index (κ3) is 2.61. The van der Waals surface area contributed by atoms with Gasteiger partial charge < -0.3 is 4.74 Å². The van der Waals surface area contributed by atoms with E-state index in [1.807, 2.05) is 30.9 Å². The van der Waals surface area contributed by atoms with Crippen LogP contribution < -0.4 is 4.74 Å². The summed E-state index contributed by atoms with van der Waals surface area (Å²) in [7, 11) is 0. The first kappa shape index (κ1) is 13.3. The van der Waals surface area contributed by atoms with Crippen molar-refractivity contribution in [2.75, 3.05) is 6.26 Å². The molecule has 1 heterocycles. The highest BCUT2D eigenvalue weighted by molar-refractivity contribution is 9.10. The van der Waals surface area contributed by atoms with Gasteiger partial charge in [-0.2, -0.15) is 11.8 Å². The van der Waals surface area contributed by atoms with Gasteiger partial charge in [-0.25, -0.2) is 0 Å². The smallest absolute Gasteiger partial charge is 0.129 e. The highest BCUT2D eigenvalue weighted by atomic mass is 79.9. The second-order valence-electron chi connectivity index (χ2n) is 4.99. The van der Waals surface area contributed by atoms with E-state index >= 15 is 0 Å². The fourth-order valence-corrected chi connectivity index (χ4v) is 3.64. The van der Waals surface area contributed by atoms with Crippen LogP contribution in [0.2, 0.25) is 0 Å². The van der Waals surface area contributed by atoms with Gasteiger partial charge in [0.1, 0.15) is 11.9 Å². The molecule has 0 N–H and O–H groups in total. The van der Waals surface area contributed by atoms with Gasteiger partial charge in [-0.15, -0.1) is 0 Å². The van der Waals surface area contributed by atoms with Crippen molar-refractivity contribution in [2.45, 2.75) is 31.1 Å². The minimum atomic E-state index is 0.364. The van der Waals surface area contributed by atoms with Gasteiger partial charge in [-0.1, -0.05) is 15.9 Å². The lowest BCUT2D eigenvalue weighted by molar-refractivity contribution is 0.128. The highest BCUT2D eigenvalue weighted by Crippen LogP contribution is 2.37. The van der Waals surface area contributed by atoms with Crippen molar-refractivity contribution in [1.82, 2.24) is 4.98 Å². The van der Waals surface area contributed by atoms with Crippen LogP contribution in [0.5, 0.6) is 5.75 Å². The van der Waals surface area contributed by atoms with Crippen LogP contribution in [0, 0.1) is 6.92 Å². The molecule has 0 aliphatic heterocycles. The summed E-state index contributed by atoms with van der Waals surface area (Å²) in [4.78, 5) is 4.39. The third-order valence-electron chi connectivity index (χ3n) is 3.62. The van der Waals surface area contributed by atoms with Gasteiger partial charge in [-0.3, -0.25) is 4.98 Å². The molecule has 1 aromatic heterocycles. The molecule has 1 aromatic carbocycles. The first-order chi connectivity index (χ1) is 9.17. The molecular formula is C15H16BrNOS. The fourth-order valence-electron chi connectivity index (χ4n) is 2.37. The molecular weight excluding hydrogens is 322 g/mol. The molecule has 0 radical (unpaired) electrons. The average molecular weight is 338 g/mol. The lowest BCUT2D eigenvalue weighted by Crippen LogP contribution is -2.35. The molecule has 0 unspecified atom stereocenters. The number of pyridine rings is 1. The summed E-state index contributed by atoms with van der Waals surface area (Å²) in [5.41, 5.74) is 1.02. The van der Waals surface area contributed by atoms with Crippen LogP contribution in [-0.4, -0.2) is 22.6 Å². The lowest BCUT2D eigenvalue weighted by atomic mass is 9.95. The predicted octanol–water partition coefficient (Wildman–Crippen LogP) is 4.58. The minimum absolute atomic E-state index is 0.364. The van der Waals surface area contributed by atoms with Crippen LogP contribution in [0.3, 0.4) is 0 Å². The molecule has 1 aliphatic carbocycles. The Bertz CT molecular complexity index is 610. The molecule has 0 saturated heterocycles. The molecule has 0 bridgehead atoms. The summed E-state index contributed by atoms with van der Waals surface area (Å²) in [6.07, 6.45) is 6.75. The van der Waals surface area contributed by atoms with Crippen molar-refractivity contribution < 1.29 is 4.74 Å². The molecule has 4 heteroatoms. The van der Waals surface area contributed by atoms with E-state index in [1.165, 1.54) is 5.39 Å². The number of hydrogen-bond donors (Lipinski definition) is 0. The van der Waals surface area contributed by atoms with E-state index in [4.69, 9.17) is 4.74 Å². The number of benzene rings is 1. The molecule has 1 aliphatic rings. The van der Waals surface area contributed by atoms with Gasteiger partial charge in [0.25, 0.3) is 0 Å². The molecule has 2 nitrogen and oxygen atoms in total. The maximum atomic E-state index is 6.12. The number of thioether (sulfide) groups is 1. The van der Waals surface area contributed by atoms with Crippen molar-refractivity contribution in [1.29, 1.82) is 0 Å². The van der Waals surface area contributed by atoms with Crippen molar-refractivity contribution in [3.63, 3.8) is 0 Å². The first-order valence-corrected chi connectivity index (χ1v) is 8.50. The predicted molar refractivity (Wildman–Crippen MR) is 85.1 cm³/mol. The molecule has 0 atom stereocenters. The van der Waals surface area contributed by atoms with Gasteiger partial charge in [-0.05, 0) is 44.2 Å². The highest BCUT2D eigenvalue weighted by Gasteiger charge is 2.30. The molecule has 1 saturated carbocycles. The molecule has 0 spiro atoms. The maximum absolute atomic E-state index is 6.12. The molecule has 19 heavy (non-hydrogen) atoms. The summed E-state index contributed by atoms with van der Waals surface area (Å²) in [6.45, 7) is 2.01. The number of aryl methyl sites for hydroxylation is 1. The Hall–Kier alpha value is -0.740. The van der Waals surface area contributed by atoms with E-state index < -0.39 is 0 Å². The number of fused-ring (bicyclic) bond motifs is 1. The second kappa shape index (κ2) is 5.33. The molecule has 100 valence electrons. The van der Waals surface area contributed by atoms with Crippen LogP contribution in [0.15, 0.2) is 28.9 Å². The molecule has 1 fully saturated rings. The maximum Gasteiger partial charge on any atom is 0.129 e. The topological polar surface area (TPSA) is 22.1 Å². The Balaban J connectivity index is 1.90. The van der Waals surface area contributed by atoms with Gasteiger partial charge in [0.15, 0.2) is 0 Å². The average Bonchev–Trinajstić information content (AvgIpc) is 2.36. The number of ether oxygens (including phenoxy) is 1. The third-order valence-corrected chi connectivity index (χ3v) is 5.37. The summed E-state index contributed by atoms with van der Waals surface area (Å²) in [5.74, 6) is 0.954. The van der Waals surface area contributed by atoms with Crippen molar-refractivity contribution in [2.24, 2.45) is 0 Å². The summed E-state index contributed by atoms with van der Waals surface area (Å²) in [5, 5.41) is 3.03. The van der Waals surface area contributed by atoms with Crippen molar-refractivity contribution in [3.05, 3.63) is 34.6 Å². The Morgan fingerprint density at radius 2 is 2.11 bits per heavy atom. The van der Waals surface area contributed by atoms with Crippen LogP contribution in [0.4, 0.5) is 0 Å². The normalized spacial score (nSPS) is 22.3. The monoisotopic (exact) mass is 337 g/mol. The van der Waals surface area contributed by atoms with Gasteiger partial charge >= 0.3 is 0 Å². The number of hydrogen-bond acceptors (Lipinski definition) is 3. The SMILES string of the molecule is CSC1CC(Oc2ccc(Br)c3cc(C)ncc23)C1. The number of nitrogens with zero attached hydrogens (tertiary/aromatic N) is 1. The zero-order chi connectivity index (χ0) is 13.4. The van der Waals surface area contributed by atoms with Crippen LogP contribution in [0.25, 0.3) is 10.8 Å². The fraction of sp³-hybridized carbons (Fsp3) is 0.400. The first-order valence-electron chi connectivity index (χ1n) is 6.41. The van der Waals surface area contributed by atoms with E-state index in [2.05, 4.69) is 39.3 Å². The quantitative estimate of drug-likeness (QED) is 0.818. The number of halogens is 1. The molecule has 0 amide bonds. The Kier molecular flexibility index (Phi) is 3.72. The van der Waals surface area contributed by atoms with Gasteiger partial charge in [0.2, 0.25) is 0 Å². The Labute approximate surface area is 126 Å². The zero-order valence-corrected chi connectivity index (χ0v) is 13.4. The number of rotatable bonds is 3. The van der Waals surface area contributed by atoms with Crippen molar-refractivity contribution >= 4 is 38.5 Å². The summed E-state index contributed by atoms with van der Waals surface area (Å²) >= 11 is 5.53.